The molecule has 2 aromatic rings. The molecule has 1 atom stereocenters. The third kappa shape index (κ3) is 4.32. The normalized spacial score (nSPS) is 12.1. The number of rotatable bonds is 6. The van der Waals surface area contributed by atoms with Crippen LogP contribution in [0.4, 0.5) is 0 Å². The highest BCUT2D eigenvalue weighted by atomic mass is 16.5. The van der Waals surface area contributed by atoms with Crippen molar-refractivity contribution in [3.8, 4) is 5.75 Å². The van der Waals surface area contributed by atoms with Crippen LogP contribution in [0.5, 0.6) is 5.75 Å². The van der Waals surface area contributed by atoms with E-state index in [2.05, 4.69) is 5.10 Å². The van der Waals surface area contributed by atoms with Crippen molar-refractivity contribution in [3.05, 3.63) is 58.0 Å². The first-order valence-corrected chi connectivity index (χ1v) is 7.63. The summed E-state index contributed by atoms with van der Waals surface area (Å²) in [5.74, 6) is 0.297. The third-order valence-electron chi connectivity index (χ3n) is 3.40. The molecule has 0 amide bonds. The summed E-state index contributed by atoms with van der Waals surface area (Å²) in [5, 5.41) is 4.22. The standard InChI is InChI=1S/C18H20N2O4/c1-4-24-18(22)13(2)20-17(21)12-9-15(19-20)8-5-14-6-10-16(23-3)11-7-14/h5-13H,4H2,1-3H3/b8-5+/t13-/m0/s1. The van der Waals surface area contributed by atoms with Crippen molar-refractivity contribution in [2.24, 2.45) is 0 Å². The van der Waals surface area contributed by atoms with E-state index < -0.39 is 12.0 Å². The second kappa shape index (κ2) is 8.10. The number of carbonyl (C=O) groups excluding carboxylic acids is 1. The lowest BCUT2D eigenvalue weighted by atomic mass is 10.2. The van der Waals surface area contributed by atoms with Crippen LogP contribution in [-0.4, -0.2) is 29.5 Å². The molecule has 0 spiro atoms. The molecule has 2 rings (SSSR count). The summed E-state index contributed by atoms with van der Waals surface area (Å²) in [5.41, 5.74) is 1.19. The maximum Gasteiger partial charge on any atom is 0.330 e. The highest BCUT2D eigenvalue weighted by Crippen LogP contribution is 2.13. The molecular formula is C18H20N2O4. The molecule has 0 aliphatic carbocycles. The molecule has 126 valence electrons. The van der Waals surface area contributed by atoms with E-state index in [9.17, 15) is 9.59 Å². The summed E-state index contributed by atoms with van der Waals surface area (Å²) in [6, 6.07) is 9.76. The van der Waals surface area contributed by atoms with Crippen molar-refractivity contribution in [1.29, 1.82) is 0 Å². The monoisotopic (exact) mass is 328 g/mol. The molecule has 6 heteroatoms. The Morgan fingerprint density at radius 3 is 2.54 bits per heavy atom. The summed E-state index contributed by atoms with van der Waals surface area (Å²) < 4.78 is 11.2. The van der Waals surface area contributed by atoms with Crippen molar-refractivity contribution >= 4 is 18.1 Å². The van der Waals surface area contributed by atoms with E-state index in [1.165, 1.54) is 6.07 Å². The van der Waals surface area contributed by atoms with Gasteiger partial charge in [0.1, 0.15) is 5.75 Å². The highest BCUT2D eigenvalue weighted by molar-refractivity contribution is 5.73. The minimum absolute atomic E-state index is 0.259. The fourth-order valence-electron chi connectivity index (χ4n) is 2.07. The van der Waals surface area contributed by atoms with Gasteiger partial charge in [-0.05, 0) is 43.7 Å². The van der Waals surface area contributed by atoms with Crippen LogP contribution in [-0.2, 0) is 9.53 Å². The molecule has 6 nitrogen and oxygen atoms in total. The lowest BCUT2D eigenvalue weighted by molar-refractivity contribution is -0.147. The molecule has 24 heavy (non-hydrogen) atoms. The number of ether oxygens (including phenoxy) is 2. The number of hydrogen-bond acceptors (Lipinski definition) is 5. The Morgan fingerprint density at radius 2 is 1.92 bits per heavy atom. The Labute approximate surface area is 140 Å². The van der Waals surface area contributed by atoms with Crippen LogP contribution in [0.2, 0.25) is 0 Å². The third-order valence-corrected chi connectivity index (χ3v) is 3.40. The van der Waals surface area contributed by atoms with Gasteiger partial charge in [0, 0.05) is 6.07 Å². The van der Waals surface area contributed by atoms with Gasteiger partial charge < -0.3 is 9.47 Å². The van der Waals surface area contributed by atoms with Gasteiger partial charge in [-0.1, -0.05) is 18.2 Å². The number of benzene rings is 1. The molecule has 0 saturated heterocycles. The van der Waals surface area contributed by atoms with Gasteiger partial charge in [0.05, 0.1) is 19.4 Å². The van der Waals surface area contributed by atoms with E-state index in [1.54, 1.807) is 33.1 Å². The van der Waals surface area contributed by atoms with Gasteiger partial charge in [0.25, 0.3) is 5.56 Å². The van der Waals surface area contributed by atoms with Crippen LogP contribution in [0.25, 0.3) is 12.2 Å². The quantitative estimate of drug-likeness (QED) is 0.762. The maximum absolute atomic E-state index is 11.9. The fourth-order valence-corrected chi connectivity index (χ4v) is 2.07. The van der Waals surface area contributed by atoms with Gasteiger partial charge in [-0.3, -0.25) is 4.79 Å². The lowest BCUT2D eigenvalue weighted by Crippen LogP contribution is -2.31. The number of hydrogen-bond donors (Lipinski definition) is 0. The van der Waals surface area contributed by atoms with Crippen LogP contribution in [0.15, 0.2) is 41.2 Å². The molecule has 0 saturated carbocycles. The Bertz CT molecular complexity index is 778. The van der Waals surface area contributed by atoms with Crippen molar-refractivity contribution in [1.82, 2.24) is 9.78 Å². The zero-order valence-corrected chi connectivity index (χ0v) is 13.9. The van der Waals surface area contributed by atoms with E-state index in [4.69, 9.17) is 9.47 Å². The van der Waals surface area contributed by atoms with Crippen LogP contribution in [0.3, 0.4) is 0 Å². The van der Waals surface area contributed by atoms with Crippen molar-refractivity contribution in [2.45, 2.75) is 19.9 Å². The second-order valence-electron chi connectivity index (χ2n) is 5.08. The van der Waals surface area contributed by atoms with E-state index >= 15 is 0 Å². The number of carbonyl (C=O) groups is 1. The second-order valence-corrected chi connectivity index (χ2v) is 5.08. The van der Waals surface area contributed by atoms with Gasteiger partial charge in [0.2, 0.25) is 0 Å². The van der Waals surface area contributed by atoms with Gasteiger partial charge in [-0.25, -0.2) is 9.48 Å². The summed E-state index contributed by atoms with van der Waals surface area (Å²) in [7, 11) is 1.61. The van der Waals surface area contributed by atoms with E-state index in [1.807, 2.05) is 30.3 Å². The van der Waals surface area contributed by atoms with E-state index in [0.717, 1.165) is 16.0 Å². The summed E-state index contributed by atoms with van der Waals surface area (Å²) >= 11 is 0. The Morgan fingerprint density at radius 1 is 1.21 bits per heavy atom. The van der Waals surface area contributed by atoms with Crippen LogP contribution in [0, 0.1) is 0 Å². The Balaban J connectivity index is 2.22. The van der Waals surface area contributed by atoms with E-state index in [-0.39, 0.29) is 12.2 Å². The fraction of sp³-hybridized carbons (Fsp3) is 0.278. The smallest absolute Gasteiger partial charge is 0.330 e. The van der Waals surface area contributed by atoms with Gasteiger partial charge in [-0.2, -0.15) is 5.10 Å². The molecule has 1 heterocycles. The lowest BCUT2D eigenvalue weighted by Gasteiger charge is -2.12. The van der Waals surface area contributed by atoms with Crippen LogP contribution in [0.1, 0.15) is 31.1 Å². The van der Waals surface area contributed by atoms with Crippen molar-refractivity contribution in [3.63, 3.8) is 0 Å². The number of methoxy groups -OCH3 is 1. The molecule has 0 N–H and O–H groups in total. The Hall–Kier alpha value is -2.89. The predicted molar refractivity (Wildman–Crippen MR) is 91.8 cm³/mol. The predicted octanol–water partition coefficient (Wildman–Crippen LogP) is 2.55. The summed E-state index contributed by atoms with van der Waals surface area (Å²) in [6.45, 7) is 3.56. The van der Waals surface area contributed by atoms with Gasteiger partial charge in [0.15, 0.2) is 6.04 Å². The average molecular weight is 328 g/mol. The molecule has 0 radical (unpaired) electrons. The first kappa shape index (κ1) is 17.5. The van der Waals surface area contributed by atoms with Gasteiger partial charge in [-0.15, -0.1) is 0 Å². The number of nitrogens with zero attached hydrogens (tertiary/aromatic N) is 2. The van der Waals surface area contributed by atoms with Crippen molar-refractivity contribution in [2.75, 3.05) is 13.7 Å². The topological polar surface area (TPSA) is 70.4 Å². The molecular weight excluding hydrogens is 308 g/mol. The van der Waals surface area contributed by atoms with Gasteiger partial charge >= 0.3 is 5.97 Å². The molecule has 0 aliphatic heterocycles. The summed E-state index contributed by atoms with van der Waals surface area (Å²) in [6.07, 6.45) is 3.64. The maximum atomic E-state index is 11.9. The zero-order valence-electron chi connectivity index (χ0n) is 13.9. The first-order chi connectivity index (χ1) is 11.5. The Kier molecular flexibility index (Phi) is 5.89. The molecule has 0 bridgehead atoms. The van der Waals surface area contributed by atoms with Crippen molar-refractivity contribution < 1.29 is 14.3 Å². The molecule has 1 aromatic heterocycles. The first-order valence-electron chi connectivity index (χ1n) is 7.63. The largest absolute Gasteiger partial charge is 0.497 e. The number of aromatic nitrogens is 2. The molecule has 0 aliphatic rings. The minimum Gasteiger partial charge on any atom is -0.497 e. The average Bonchev–Trinajstić information content (AvgIpc) is 2.61. The molecule has 0 unspecified atom stereocenters. The molecule has 1 aromatic carbocycles. The number of esters is 1. The minimum atomic E-state index is -0.771. The summed E-state index contributed by atoms with van der Waals surface area (Å²) in [4.78, 5) is 23.7. The zero-order chi connectivity index (χ0) is 17.5. The van der Waals surface area contributed by atoms with Crippen LogP contribution < -0.4 is 10.3 Å². The van der Waals surface area contributed by atoms with Crippen LogP contribution >= 0.6 is 0 Å². The highest BCUT2D eigenvalue weighted by Gasteiger charge is 2.18. The SMILES string of the molecule is CCOC(=O)[C@H](C)n1nc(/C=C/c2ccc(OC)cc2)ccc1=O. The molecule has 0 fully saturated rings. The van der Waals surface area contributed by atoms with E-state index in [0.29, 0.717) is 5.69 Å².